The molecule has 0 bridgehead atoms. The maximum atomic E-state index is 8.92. The van der Waals surface area contributed by atoms with Gasteiger partial charge in [-0.1, -0.05) is 0 Å². The zero-order valence-corrected chi connectivity index (χ0v) is 8.56. The van der Waals surface area contributed by atoms with Crippen LogP contribution >= 0.6 is 0 Å². The molecule has 2 heterocycles. The predicted octanol–water partition coefficient (Wildman–Crippen LogP) is 1.47. The van der Waals surface area contributed by atoms with Crippen molar-refractivity contribution in [1.82, 2.24) is 4.98 Å². The van der Waals surface area contributed by atoms with E-state index in [2.05, 4.69) is 11.1 Å². The molecule has 1 unspecified atom stereocenters. The van der Waals surface area contributed by atoms with Crippen LogP contribution in [0.15, 0.2) is 12.3 Å². The van der Waals surface area contributed by atoms with Crippen LogP contribution in [0, 0.1) is 11.3 Å². The van der Waals surface area contributed by atoms with Crippen molar-refractivity contribution in [2.75, 3.05) is 20.3 Å². The molecule has 0 aliphatic carbocycles. The highest BCUT2D eigenvalue weighted by molar-refractivity contribution is 5.41. The van der Waals surface area contributed by atoms with E-state index in [1.807, 2.05) is 6.07 Å². The number of nitrogens with zero attached hydrogens (tertiary/aromatic N) is 2. The second-order valence-electron chi connectivity index (χ2n) is 3.50. The van der Waals surface area contributed by atoms with Crippen LogP contribution < -0.4 is 4.74 Å². The highest BCUT2D eigenvalue weighted by atomic mass is 16.5. The van der Waals surface area contributed by atoms with Crippen LogP contribution in [-0.4, -0.2) is 25.3 Å². The van der Waals surface area contributed by atoms with Crippen molar-refractivity contribution in [3.05, 3.63) is 23.4 Å². The molecule has 1 fully saturated rings. The van der Waals surface area contributed by atoms with E-state index in [1.54, 1.807) is 6.20 Å². The van der Waals surface area contributed by atoms with Crippen molar-refractivity contribution in [2.24, 2.45) is 0 Å². The van der Waals surface area contributed by atoms with Gasteiger partial charge in [0.2, 0.25) is 5.88 Å². The fourth-order valence-electron chi connectivity index (χ4n) is 1.73. The maximum Gasteiger partial charge on any atom is 0.231 e. The summed E-state index contributed by atoms with van der Waals surface area (Å²) in [5.41, 5.74) is 1.55. The molecule has 1 atom stereocenters. The van der Waals surface area contributed by atoms with E-state index in [1.165, 1.54) is 7.11 Å². The fraction of sp³-hybridized carbons (Fsp3) is 0.455. The summed E-state index contributed by atoms with van der Waals surface area (Å²) in [7, 11) is 1.52. The van der Waals surface area contributed by atoms with Gasteiger partial charge in [-0.25, -0.2) is 4.98 Å². The first-order valence-corrected chi connectivity index (χ1v) is 4.87. The molecule has 4 nitrogen and oxygen atoms in total. The van der Waals surface area contributed by atoms with Crippen molar-refractivity contribution in [1.29, 1.82) is 5.26 Å². The topological polar surface area (TPSA) is 55.1 Å². The SMILES string of the molecule is COc1ncc(C2CCOC2)cc1C#N. The standard InChI is InChI=1S/C11H12N2O2/c1-14-11-9(5-12)4-10(6-13-11)8-2-3-15-7-8/h4,6,8H,2-3,7H2,1H3. The highest BCUT2D eigenvalue weighted by Gasteiger charge is 2.19. The third-order valence-corrected chi connectivity index (χ3v) is 2.59. The average Bonchev–Trinajstić information content (AvgIpc) is 2.81. The molecule has 0 aromatic carbocycles. The van der Waals surface area contributed by atoms with Crippen LogP contribution in [-0.2, 0) is 4.74 Å². The van der Waals surface area contributed by atoms with Gasteiger partial charge in [0.15, 0.2) is 0 Å². The Hall–Kier alpha value is -1.60. The molecule has 0 amide bonds. The van der Waals surface area contributed by atoms with Gasteiger partial charge in [0.25, 0.3) is 0 Å². The van der Waals surface area contributed by atoms with Crippen molar-refractivity contribution < 1.29 is 9.47 Å². The number of hydrogen-bond donors (Lipinski definition) is 0. The first-order valence-electron chi connectivity index (χ1n) is 4.87. The molecule has 15 heavy (non-hydrogen) atoms. The third-order valence-electron chi connectivity index (χ3n) is 2.59. The van der Waals surface area contributed by atoms with Crippen LogP contribution in [0.3, 0.4) is 0 Å². The molecular weight excluding hydrogens is 192 g/mol. The zero-order valence-electron chi connectivity index (χ0n) is 8.56. The molecule has 0 spiro atoms. The number of aromatic nitrogens is 1. The lowest BCUT2D eigenvalue weighted by atomic mass is 9.99. The molecule has 1 aliphatic heterocycles. The Morgan fingerprint density at radius 1 is 1.67 bits per heavy atom. The van der Waals surface area contributed by atoms with Crippen LogP contribution in [0.2, 0.25) is 0 Å². The second-order valence-corrected chi connectivity index (χ2v) is 3.50. The van der Waals surface area contributed by atoms with Gasteiger partial charge in [0, 0.05) is 18.7 Å². The number of hydrogen-bond acceptors (Lipinski definition) is 4. The van der Waals surface area contributed by atoms with Crippen LogP contribution in [0.4, 0.5) is 0 Å². The molecule has 1 aliphatic rings. The quantitative estimate of drug-likeness (QED) is 0.732. The summed E-state index contributed by atoms with van der Waals surface area (Å²) >= 11 is 0. The predicted molar refractivity (Wildman–Crippen MR) is 53.7 cm³/mol. The van der Waals surface area contributed by atoms with Gasteiger partial charge in [-0.15, -0.1) is 0 Å². The summed E-state index contributed by atoms with van der Waals surface area (Å²) in [6, 6.07) is 3.92. The highest BCUT2D eigenvalue weighted by Crippen LogP contribution is 2.27. The number of pyridine rings is 1. The summed E-state index contributed by atoms with van der Waals surface area (Å²) in [5, 5.41) is 8.92. The zero-order chi connectivity index (χ0) is 10.7. The minimum Gasteiger partial charge on any atom is -0.480 e. The molecule has 0 N–H and O–H groups in total. The van der Waals surface area contributed by atoms with Gasteiger partial charge in [-0.05, 0) is 18.1 Å². The van der Waals surface area contributed by atoms with E-state index in [4.69, 9.17) is 14.7 Å². The van der Waals surface area contributed by atoms with Crippen molar-refractivity contribution in [3.63, 3.8) is 0 Å². The molecular formula is C11H12N2O2. The summed E-state index contributed by atoms with van der Waals surface area (Å²) in [5.74, 6) is 0.760. The Morgan fingerprint density at radius 3 is 3.13 bits per heavy atom. The Morgan fingerprint density at radius 2 is 2.53 bits per heavy atom. The number of methoxy groups -OCH3 is 1. The van der Waals surface area contributed by atoms with Crippen molar-refractivity contribution >= 4 is 0 Å². The normalized spacial score (nSPS) is 19.9. The van der Waals surface area contributed by atoms with Gasteiger partial charge in [-0.3, -0.25) is 0 Å². The Kier molecular flexibility index (Phi) is 2.84. The fourth-order valence-corrected chi connectivity index (χ4v) is 1.73. The van der Waals surface area contributed by atoms with Gasteiger partial charge in [-0.2, -0.15) is 5.26 Å². The molecule has 1 aromatic rings. The lowest BCUT2D eigenvalue weighted by Crippen LogP contribution is -2.01. The Balaban J connectivity index is 2.30. The monoisotopic (exact) mass is 204 g/mol. The number of ether oxygens (including phenoxy) is 2. The molecule has 78 valence electrons. The molecule has 4 heteroatoms. The summed E-state index contributed by atoms with van der Waals surface area (Å²) in [6.45, 7) is 1.51. The minimum atomic E-state index is 0.371. The largest absolute Gasteiger partial charge is 0.480 e. The van der Waals surface area contributed by atoms with E-state index < -0.39 is 0 Å². The van der Waals surface area contributed by atoms with Gasteiger partial charge < -0.3 is 9.47 Å². The first kappa shape index (κ1) is 9.94. The molecule has 1 saturated heterocycles. The second kappa shape index (κ2) is 4.28. The van der Waals surface area contributed by atoms with E-state index in [-0.39, 0.29) is 0 Å². The average molecular weight is 204 g/mol. The van der Waals surface area contributed by atoms with Crippen LogP contribution in [0.1, 0.15) is 23.5 Å². The third kappa shape index (κ3) is 1.92. The van der Waals surface area contributed by atoms with E-state index >= 15 is 0 Å². The first-order chi connectivity index (χ1) is 7.35. The lowest BCUT2D eigenvalue weighted by Gasteiger charge is -2.09. The van der Waals surface area contributed by atoms with Crippen molar-refractivity contribution in [3.8, 4) is 11.9 Å². The van der Waals surface area contributed by atoms with Crippen LogP contribution in [0.5, 0.6) is 5.88 Å². The van der Waals surface area contributed by atoms with E-state index in [0.29, 0.717) is 17.4 Å². The Labute approximate surface area is 88.5 Å². The minimum absolute atomic E-state index is 0.371. The van der Waals surface area contributed by atoms with Crippen LogP contribution in [0.25, 0.3) is 0 Å². The maximum absolute atomic E-state index is 8.92. The number of nitriles is 1. The Bertz CT molecular complexity index is 392. The summed E-state index contributed by atoms with van der Waals surface area (Å²) in [4.78, 5) is 4.11. The van der Waals surface area contributed by atoms with E-state index in [9.17, 15) is 0 Å². The molecule has 0 saturated carbocycles. The smallest absolute Gasteiger partial charge is 0.231 e. The molecule has 0 radical (unpaired) electrons. The van der Waals surface area contributed by atoms with E-state index in [0.717, 1.165) is 25.2 Å². The summed E-state index contributed by atoms with van der Waals surface area (Å²) in [6.07, 6.45) is 2.76. The molecule has 2 rings (SSSR count). The summed E-state index contributed by atoms with van der Waals surface area (Å²) < 4.78 is 10.3. The van der Waals surface area contributed by atoms with Gasteiger partial charge in [0.05, 0.1) is 13.7 Å². The lowest BCUT2D eigenvalue weighted by molar-refractivity contribution is 0.194. The van der Waals surface area contributed by atoms with Gasteiger partial charge in [0.1, 0.15) is 11.6 Å². The molecule has 1 aromatic heterocycles. The van der Waals surface area contributed by atoms with Gasteiger partial charge >= 0.3 is 0 Å². The van der Waals surface area contributed by atoms with Crippen molar-refractivity contribution in [2.45, 2.75) is 12.3 Å². The number of rotatable bonds is 2.